The Hall–Kier alpha value is -3.12. The van der Waals surface area contributed by atoms with Crippen molar-refractivity contribution >= 4 is 28.7 Å². The van der Waals surface area contributed by atoms with Crippen molar-refractivity contribution < 1.29 is 4.74 Å². The quantitative estimate of drug-likeness (QED) is 0.688. The van der Waals surface area contributed by atoms with Crippen molar-refractivity contribution in [2.24, 2.45) is 0 Å². The molecule has 1 aliphatic heterocycles. The first kappa shape index (κ1) is 18.3. The predicted molar refractivity (Wildman–Crippen MR) is 114 cm³/mol. The molecule has 2 N–H and O–H groups in total. The highest BCUT2D eigenvalue weighted by Gasteiger charge is 2.15. The first-order chi connectivity index (χ1) is 13.7. The summed E-state index contributed by atoms with van der Waals surface area (Å²) in [5.74, 6) is 2.25. The Morgan fingerprint density at radius 3 is 2.39 bits per heavy atom. The van der Waals surface area contributed by atoms with Gasteiger partial charge in [0.2, 0.25) is 0 Å². The molecule has 1 fully saturated rings. The van der Waals surface area contributed by atoms with Crippen molar-refractivity contribution in [3.63, 3.8) is 0 Å². The highest BCUT2D eigenvalue weighted by Crippen LogP contribution is 2.29. The van der Waals surface area contributed by atoms with Gasteiger partial charge in [-0.1, -0.05) is 24.3 Å². The lowest BCUT2D eigenvalue weighted by molar-refractivity contribution is 0.123. The van der Waals surface area contributed by atoms with Crippen LogP contribution in [-0.2, 0) is 4.74 Å². The van der Waals surface area contributed by atoms with Crippen LogP contribution in [0.3, 0.4) is 0 Å². The van der Waals surface area contributed by atoms with E-state index in [0.29, 0.717) is 5.82 Å². The molecule has 0 amide bonds. The van der Waals surface area contributed by atoms with Crippen LogP contribution in [-0.4, -0.2) is 36.3 Å². The Labute approximate surface area is 165 Å². The van der Waals surface area contributed by atoms with E-state index in [0.717, 1.165) is 55.0 Å². The molecule has 0 atom stereocenters. The van der Waals surface area contributed by atoms with Crippen LogP contribution in [0.5, 0.6) is 0 Å². The van der Waals surface area contributed by atoms with Crippen LogP contribution in [0.2, 0.25) is 0 Å². The monoisotopic (exact) mass is 375 g/mol. The number of para-hydroxylation sites is 2. The average molecular weight is 375 g/mol. The van der Waals surface area contributed by atoms with E-state index in [1.54, 1.807) is 0 Å². The zero-order valence-corrected chi connectivity index (χ0v) is 16.3. The molecular formula is C22H25N5O. The lowest BCUT2D eigenvalue weighted by atomic mass is 10.2. The second kappa shape index (κ2) is 8.27. The van der Waals surface area contributed by atoms with Crippen molar-refractivity contribution in [2.45, 2.75) is 13.8 Å². The fraction of sp³-hybridized carbons (Fsp3) is 0.273. The minimum atomic E-state index is 0.712. The number of ether oxygens (including phenoxy) is 1. The van der Waals surface area contributed by atoms with Gasteiger partial charge < -0.3 is 20.3 Å². The zero-order chi connectivity index (χ0) is 19.3. The minimum absolute atomic E-state index is 0.712. The molecule has 4 rings (SSSR count). The van der Waals surface area contributed by atoms with Crippen molar-refractivity contribution in [1.29, 1.82) is 0 Å². The number of nitrogens with zero attached hydrogens (tertiary/aromatic N) is 3. The van der Waals surface area contributed by atoms with E-state index < -0.39 is 0 Å². The fourth-order valence-electron chi connectivity index (χ4n) is 3.36. The van der Waals surface area contributed by atoms with E-state index >= 15 is 0 Å². The molecular weight excluding hydrogens is 350 g/mol. The predicted octanol–water partition coefficient (Wildman–Crippen LogP) is 4.42. The third-order valence-corrected chi connectivity index (χ3v) is 4.65. The number of benzene rings is 2. The molecule has 0 bridgehead atoms. The van der Waals surface area contributed by atoms with Crippen LogP contribution in [0.25, 0.3) is 0 Å². The molecule has 3 aromatic rings. The van der Waals surface area contributed by atoms with Crippen LogP contribution >= 0.6 is 0 Å². The molecule has 0 unspecified atom stereocenters. The van der Waals surface area contributed by atoms with Gasteiger partial charge >= 0.3 is 0 Å². The summed E-state index contributed by atoms with van der Waals surface area (Å²) in [6, 6.07) is 18.5. The number of anilines is 5. The Bertz CT molecular complexity index is 953. The molecule has 1 saturated heterocycles. The van der Waals surface area contributed by atoms with Crippen molar-refractivity contribution in [3.8, 4) is 0 Å². The van der Waals surface area contributed by atoms with Gasteiger partial charge in [0, 0.05) is 24.8 Å². The lowest BCUT2D eigenvalue weighted by Gasteiger charge is -2.30. The topological polar surface area (TPSA) is 62.3 Å². The summed E-state index contributed by atoms with van der Waals surface area (Å²) in [6.45, 7) is 7.27. The molecule has 1 aromatic heterocycles. The second-order valence-electron chi connectivity index (χ2n) is 6.92. The third-order valence-electron chi connectivity index (χ3n) is 4.65. The van der Waals surface area contributed by atoms with Gasteiger partial charge in [0.25, 0.3) is 0 Å². The number of hydrogen-bond donors (Lipinski definition) is 2. The van der Waals surface area contributed by atoms with E-state index in [1.807, 2.05) is 31.2 Å². The molecule has 0 aliphatic carbocycles. The highest BCUT2D eigenvalue weighted by atomic mass is 16.5. The van der Waals surface area contributed by atoms with E-state index in [4.69, 9.17) is 4.74 Å². The number of nitrogens with one attached hydrogen (secondary N) is 2. The van der Waals surface area contributed by atoms with Crippen molar-refractivity contribution in [2.75, 3.05) is 41.8 Å². The van der Waals surface area contributed by atoms with Crippen molar-refractivity contribution in [1.82, 2.24) is 9.97 Å². The standard InChI is InChI=1S/C22H25N5O/c1-16-6-5-7-18(14-16)25-21-15-22(24-17(2)23-21)26-19-8-3-4-9-20(19)27-10-12-28-13-11-27/h3-9,14-15H,10-13H2,1-2H3,(H2,23,24,25,26). The maximum Gasteiger partial charge on any atom is 0.136 e. The summed E-state index contributed by atoms with van der Waals surface area (Å²) in [4.78, 5) is 11.4. The number of rotatable bonds is 5. The van der Waals surface area contributed by atoms with Crippen LogP contribution in [0, 0.1) is 13.8 Å². The van der Waals surface area contributed by atoms with Crippen LogP contribution < -0.4 is 15.5 Å². The summed E-state index contributed by atoms with van der Waals surface area (Å²) in [5, 5.41) is 6.85. The third kappa shape index (κ3) is 4.40. The molecule has 6 heteroatoms. The van der Waals surface area contributed by atoms with Gasteiger partial charge in [-0.15, -0.1) is 0 Å². The largest absolute Gasteiger partial charge is 0.378 e. The lowest BCUT2D eigenvalue weighted by Crippen LogP contribution is -2.36. The molecule has 144 valence electrons. The van der Waals surface area contributed by atoms with Crippen LogP contribution in [0.4, 0.5) is 28.7 Å². The summed E-state index contributed by atoms with van der Waals surface area (Å²) in [7, 11) is 0. The molecule has 0 radical (unpaired) electrons. The van der Waals surface area contributed by atoms with Gasteiger partial charge in [-0.25, -0.2) is 9.97 Å². The Morgan fingerprint density at radius 2 is 1.61 bits per heavy atom. The van der Waals surface area contributed by atoms with Crippen LogP contribution in [0.15, 0.2) is 54.6 Å². The SMILES string of the molecule is Cc1cccc(Nc2cc(Nc3ccccc3N3CCOCC3)nc(C)n2)c1. The van der Waals surface area contributed by atoms with Gasteiger partial charge in [-0.3, -0.25) is 0 Å². The Balaban J connectivity index is 1.58. The van der Waals surface area contributed by atoms with Gasteiger partial charge in [0.05, 0.1) is 24.6 Å². The smallest absolute Gasteiger partial charge is 0.136 e. The van der Waals surface area contributed by atoms with Crippen LogP contribution in [0.1, 0.15) is 11.4 Å². The molecule has 1 aliphatic rings. The molecule has 28 heavy (non-hydrogen) atoms. The number of hydrogen-bond acceptors (Lipinski definition) is 6. The van der Waals surface area contributed by atoms with E-state index in [1.165, 1.54) is 5.56 Å². The van der Waals surface area contributed by atoms with Gasteiger partial charge in [0.15, 0.2) is 0 Å². The minimum Gasteiger partial charge on any atom is -0.378 e. The summed E-state index contributed by atoms with van der Waals surface area (Å²) in [5.41, 5.74) is 4.41. The molecule has 0 spiro atoms. The normalized spacial score (nSPS) is 14.0. The van der Waals surface area contributed by atoms with Gasteiger partial charge in [-0.05, 0) is 43.7 Å². The molecule has 6 nitrogen and oxygen atoms in total. The zero-order valence-electron chi connectivity index (χ0n) is 16.3. The number of aryl methyl sites for hydroxylation is 2. The number of morpholine rings is 1. The van der Waals surface area contributed by atoms with E-state index in [2.05, 4.69) is 62.8 Å². The highest BCUT2D eigenvalue weighted by molar-refractivity contribution is 5.75. The summed E-state index contributed by atoms with van der Waals surface area (Å²) >= 11 is 0. The average Bonchev–Trinajstić information content (AvgIpc) is 2.69. The Kier molecular flexibility index (Phi) is 5.39. The fourth-order valence-corrected chi connectivity index (χ4v) is 3.36. The van der Waals surface area contributed by atoms with Crippen molar-refractivity contribution in [3.05, 3.63) is 66.0 Å². The maximum absolute atomic E-state index is 5.48. The second-order valence-corrected chi connectivity index (χ2v) is 6.92. The van der Waals surface area contributed by atoms with Gasteiger partial charge in [-0.2, -0.15) is 0 Å². The first-order valence-corrected chi connectivity index (χ1v) is 9.55. The van der Waals surface area contributed by atoms with Gasteiger partial charge in [0.1, 0.15) is 17.5 Å². The molecule has 0 saturated carbocycles. The van der Waals surface area contributed by atoms with E-state index in [9.17, 15) is 0 Å². The van der Waals surface area contributed by atoms with E-state index in [-0.39, 0.29) is 0 Å². The summed E-state index contributed by atoms with van der Waals surface area (Å²) < 4.78 is 5.48. The Morgan fingerprint density at radius 1 is 0.857 bits per heavy atom. The molecule has 2 heterocycles. The summed E-state index contributed by atoms with van der Waals surface area (Å²) in [6.07, 6.45) is 0. The maximum atomic E-state index is 5.48. The first-order valence-electron chi connectivity index (χ1n) is 9.55. The number of aromatic nitrogens is 2. The molecule has 2 aromatic carbocycles.